The summed E-state index contributed by atoms with van der Waals surface area (Å²) in [4.78, 5) is 4.19. The Bertz CT molecular complexity index is 590. The summed E-state index contributed by atoms with van der Waals surface area (Å²) in [5.41, 5.74) is 1.12. The molecule has 0 unspecified atom stereocenters. The van der Waals surface area contributed by atoms with Gasteiger partial charge < -0.3 is 0 Å². The second-order valence-corrected chi connectivity index (χ2v) is 4.94. The Hall–Kier alpha value is -0.630. The lowest BCUT2D eigenvalue weighted by Crippen LogP contribution is -1.87. The van der Waals surface area contributed by atoms with Gasteiger partial charge in [-0.3, -0.25) is 4.98 Å². The molecule has 0 aliphatic carbocycles. The van der Waals surface area contributed by atoms with E-state index >= 15 is 0 Å². The van der Waals surface area contributed by atoms with E-state index in [4.69, 9.17) is 16.9 Å². The Morgan fingerprint density at radius 2 is 1.93 bits per heavy atom. The quantitative estimate of drug-likeness (QED) is 0.714. The van der Waals surface area contributed by atoms with Gasteiger partial charge in [0.15, 0.2) is 0 Å². The number of aromatic nitrogens is 1. The van der Waals surface area contributed by atoms with Gasteiger partial charge in [-0.2, -0.15) is 5.26 Å². The monoisotopic (exact) mass is 344 g/mol. The van der Waals surface area contributed by atoms with E-state index in [9.17, 15) is 0 Å². The number of nitriles is 1. The zero-order chi connectivity index (χ0) is 11.0. The van der Waals surface area contributed by atoms with Crippen LogP contribution < -0.4 is 0 Å². The lowest BCUT2D eigenvalue weighted by molar-refractivity contribution is 1.36. The fourth-order valence-corrected chi connectivity index (χ4v) is 2.62. The van der Waals surface area contributed by atoms with E-state index in [0.29, 0.717) is 10.6 Å². The molecule has 0 saturated heterocycles. The molecule has 2 nitrogen and oxygen atoms in total. The summed E-state index contributed by atoms with van der Waals surface area (Å²) in [5, 5.41) is 10.0. The molecule has 2 aromatic rings. The third-order valence-corrected chi connectivity index (χ3v) is 3.67. The van der Waals surface area contributed by atoms with Gasteiger partial charge in [0.25, 0.3) is 0 Å². The molecule has 15 heavy (non-hydrogen) atoms. The van der Waals surface area contributed by atoms with E-state index in [1.807, 2.05) is 18.2 Å². The zero-order valence-corrected chi connectivity index (χ0v) is 11.2. The van der Waals surface area contributed by atoms with Crippen molar-refractivity contribution in [2.75, 3.05) is 0 Å². The first-order valence-electron chi connectivity index (χ1n) is 3.97. The van der Waals surface area contributed by atoms with E-state index in [2.05, 4.69) is 36.8 Å². The van der Waals surface area contributed by atoms with Gasteiger partial charge in [-0.25, -0.2) is 0 Å². The van der Waals surface area contributed by atoms with Crippen LogP contribution in [0.4, 0.5) is 0 Å². The van der Waals surface area contributed by atoms with Crippen molar-refractivity contribution < 1.29 is 0 Å². The van der Waals surface area contributed by atoms with Crippen molar-refractivity contribution in [3.63, 3.8) is 0 Å². The molecule has 5 heteroatoms. The van der Waals surface area contributed by atoms with Crippen molar-refractivity contribution in [1.29, 1.82) is 5.26 Å². The summed E-state index contributed by atoms with van der Waals surface area (Å²) in [6.07, 6.45) is 1.47. The van der Waals surface area contributed by atoms with E-state index in [-0.39, 0.29) is 0 Å². The average molecular weight is 346 g/mol. The molecule has 0 aliphatic heterocycles. The van der Waals surface area contributed by atoms with E-state index in [1.54, 1.807) is 0 Å². The number of fused-ring (bicyclic) bond motifs is 1. The highest BCUT2D eigenvalue weighted by Crippen LogP contribution is 2.35. The van der Waals surface area contributed by atoms with Gasteiger partial charge in [0, 0.05) is 20.5 Å². The van der Waals surface area contributed by atoms with Crippen molar-refractivity contribution in [3.8, 4) is 6.07 Å². The first-order valence-corrected chi connectivity index (χ1v) is 5.94. The minimum atomic E-state index is 0.378. The topological polar surface area (TPSA) is 36.7 Å². The minimum Gasteiger partial charge on any atom is -0.254 e. The largest absolute Gasteiger partial charge is 0.254 e. The summed E-state index contributed by atoms with van der Waals surface area (Å²) >= 11 is 12.9. The molecule has 2 rings (SSSR count). The van der Waals surface area contributed by atoms with E-state index < -0.39 is 0 Å². The highest BCUT2D eigenvalue weighted by atomic mass is 79.9. The van der Waals surface area contributed by atoms with Crippen LogP contribution in [0, 0.1) is 11.3 Å². The number of pyridine rings is 1. The molecule has 0 atom stereocenters. The van der Waals surface area contributed by atoms with Gasteiger partial charge in [0.1, 0.15) is 6.07 Å². The first kappa shape index (κ1) is 10.9. The number of hydrogen-bond acceptors (Lipinski definition) is 2. The van der Waals surface area contributed by atoms with Crippen molar-refractivity contribution >= 4 is 54.4 Å². The summed E-state index contributed by atoms with van der Waals surface area (Å²) in [7, 11) is 0. The van der Waals surface area contributed by atoms with Crippen LogP contribution in [0.3, 0.4) is 0 Å². The molecule has 0 spiro atoms. The minimum absolute atomic E-state index is 0.378. The molecule has 0 aliphatic rings. The molecule has 1 aromatic carbocycles. The molecule has 1 aromatic heterocycles. The molecular formula is C10H3Br2ClN2. The van der Waals surface area contributed by atoms with Crippen LogP contribution in [0.15, 0.2) is 27.3 Å². The molecule has 1 heterocycles. The second-order valence-electron chi connectivity index (χ2n) is 2.85. The van der Waals surface area contributed by atoms with Gasteiger partial charge >= 0.3 is 0 Å². The van der Waals surface area contributed by atoms with Gasteiger partial charge in [0.2, 0.25) is 0 Å². The lowest BCUT2D eigenvalue weighted by atomic mass is 10.2. The molecular weight excluding hydrogens is 343 g/mol. The van der Waals surface area contributed by atoms with Crippen molar-refractivity contribution in [1.82, 2.24) is 4.98 Å². The van der Waals surface area contributed by atoms with Crippen LogP contribution in [-0.2, 0) is 0 Å². The van der Waals surface area contributed by atoms with Crippen LogP contribution in [0.25, 0.3) is 10.9 Å². The van der Waals surface area contributed by atoms with Crippen LogP contribution in [0.5, 0.6) is 0 Å². The summed E-state index contributed by atoms with van der Waals surface area (Å²) in [5.74, 6) is 0. The fraction of sp³-hybridized carbons (Fsp3) is 0. The maximum atomic E-state index is 8.84. The Labute approximate surface area is 108 Å². The highest BCUT2D eigenvalue weighted by Gasteiger charge is 2.11. The predicted molar refractivity (Wildman–Crippen MR) is 66.9 cm³/mol. The maximum absolute atomic E-state index is 8.84. The highest BCUT2D eigenvalue weighted by molar-refractivity contribution is 9.11. The molecule has 0 bridgehead atoms. The van der Waals surface area contributed by atoms with Crippen LogP contribution in [0.2, 0.25) is 5.02 Å². The SMILES string of the molecule is N#Cc1cnc2c(Br)ccc(Br)c2c1Cl. The Kier molecular flexibility index (Phi) is 2.96. The zero-order valence-electron chi connectivity index (χ0n) is 7.26. The maximum Gasteiger partial charge on any atom is 0.102 e. The van der Waals surface area contributed by atoms with E-state index in [0.717, 1.165) is 19.8 Å². The third-order valence-electron chi connectivity index (χ3n) is 1.98. The molecule has 0 radical (unpaired) electrons. The molecule has 0 N–H and O–H groups in total. The van der Waals surface area contributed by atoms with Gasteiger partial charge in [0.05, 0.1) is 16.1 Å². The van der Waals surface area contributed by atoms with Gasteiger partial charge in [-0.1, -0.05) is 27.5 Å². The summed E-state index contributed by atoms with van der Waals surface area (Å²) < 4.78 is 1.68. The van der Waals surface area contributed by atoms with Crippen LogP contribution in [-0.4, -0.2) is 4.98 Å². The van der Waals surface area contributed by atoms with Crippen LogP contribution in [0.1, 0.15) is 5.56 Å². The summed E-state index contributed by atoms with van der Waals surface area (Å²) in [6, 6.07) is 5.74. The molecule has 0 saturated carbocycles. The van der Waals surface area contributed by atoms with Crippen molar-refractivity contribution in [3.05, 3.63) is 37.9 Å². The Morgan fingerprint density at radius 3 is 2.60 bits per heavy atom. The molecule has 0 fully saturated rings. The lowest BCUT2D eigenvalue weighted by Gasteiger charge is -2.05. The van der Waals surface area contributed by atoms with Gasteiger partial charge in [-0.15, -0.1) is 0 Å². The Balaban J connectivity index is 3.00. The normalized spacial score (nSPS) is 10.3. The number of nitrogens with zero attached hydrogens (tertiary/aromatic N) is 2. The third kappa shape index (κ3) is 1.76. The van der Waals surface area contributed by atoms with Gasteiger partial charge in [-0.05, 0) is 28.1 Å². The van der Waals surface area contributed by atoms with Crippen LogP contribution >= 0.6 is 43.5 Å². The number of halogens is 3. The summed E-state index contributed by atoms with van der Waals surface area (Å²) in [6.45, 7) is 0. The van der Waals surface area contributed by atoms with E-state index in [1.165, 1.54) is 6.20 Å². The standard InChI is InChI=1S/C10H3Br2ClN2/c11-6-1-2-7(12)10-8(6)9(13)5(3-14)4-15-10/h1-2,4H. The van der Waals surface area contributed by atoms with Crippen molar-refractivity contribution in [2.45, 2.75) is 0 Å². The second kappa shape index (κ2) is 4.09. The number of hydrogen-bond donors (Lipinski definition) is 0. The Morgan fingerprint density at radius 1 is 1.27 bits per heavy atom. The number of rotatable bonds is 0. The smallest absolute Gasteiger partial charge is 0.102 e. The fourth-order valence-electron chi connectivity index (χ4n) is 1.27. The number of benzene rings is 1. The van der Waals surface area contributed by atoms with Crippen molar-refractivity contribution in [2.24, 2.45) is 0 Å². The first-order chi connectivity index (χ1) is 7.15. The molecule has 74 valence electrons. The average Bonchev–Trinajstić information content (AvgIpc) is 2.23. The molecule has 0 amide bonds. The predicted octanol–water partition coefficient (Wildman–Crippen LogP) is 4.28.